The normalized spacial score (nSPS) is 13.1. The molecule has 108 valence electrons. The van der Waals surface area contributed by atoms with E-state index in [0.29, 0.717) is 6.54 Å². The summed E-state index contributed by atoms with van der Waals surface area (Å²) in [5.41, 5.74) is 6.72. The number of likely N-dealkylation sites (N-methyl/N-ethyl adjacent to an activating group) is 1. The Labute approximate surface area is 121 Å². The van der Waals surface area contributed by atoms with Gasteiger partial charge in [-0.05, 0) is 30.1 Å². The van der Waals surface area contributed by atoms with E-state index in [1.807, 2.05) is 24.6 Å². The molecule has 0 fully saturated rings. The first-order valence-electron chi connectivity index (χ1n) is 6.42. The summed E-state index contributed by atoms with van der Waals surface area (Å²) in [6.45, 7) is 1.16. The molecule has 0 spiro atoms. The van der Waals surface area contributed by atoms with Crippen LogP contribution in [-0.4, -0.2) is 18.5 Å². The summed E-state index contributed by atoms with van der Waals surface area (Å²) in [6.07, 6.45) is -2.45. The van der Waals surface area contributed by atoms with E-state index in [4.69, 9.17) is 5.73 Å². The third-order valence-electron chi connectivity index (χ3n) is 3.29. The van der Waals surface area contributed by atoms with Crippen LogP contribution in [0.3, 0.4) is 0 Å². The highest BCUT2D eigenvalue weighted by molar-refractivity contribution is 7.09. The van der Waals surface area contributed by atoms with Crippen molar-refractivity contribution < 1.29 is 8.78 Å². The Morgan fingerprint density at radius 2 is 1.95 bits per heavy atom. The Kier molecular flexibility index (Phi) is 5.23. The maximum atomic E-state index is 12.8. The first-order valence-corrected chi connectivity index (χ1v) is 7.30. The Morgan fingerprint density at radius 1 is 1.20 bits per heavy atom. The van der Waals surface area contributed by atoms with Gasteiger partial charge in [-0.15, -0.1) is 11.3 Å². The summed E-state index contributed by atoms with van der Waals surface area (Å²) in [5, 5.41) is 2.03. The monoisotopic (exact) mass is 296 g/mol. The number of thiophene rings is 1. The van der Waals surface area contributed by atoms with E-state index in [1.165, 1.54) is 10.9 Å². The van der Waals surface area contributed by atoms with Crippen LogP contribution < -0.4 is 5.73 Å². The molecule has 1 unspecified atom stereocenters. The number of rotatable bonds is 6. The number of halogens is 2. The van der Waals surface area contributed by atoms with E-state index in [2.05, 4.69) is 11.0 Å². The average Bonchev–Trinajstić information content (AvgIpc) is 2.92. The van der Waals surface area contributed by atoms with Gasteiger partial charge in [0.25, 0.3) is 6.43 Å². The second-order valence-corrected chi connectivity index (χ2v) is 5.75. The zero-order valence-corrected chi connectivity index (χ0v) is 12.1. The van der Waals surface area contributed by atoms with Gasteiger partial charge in [-0.2, -0.15) is 0 Å². The van der Waals surface area contributed by atoms with Gasteiger partial charge in [-0.3, -0.25) is 4.90 Å². The van der Waals surface area contributed by atoms with Crippen molar-refractivity contribution in [1.82, 2.24) is 4.90 Å². The Bertz CT molecular complexity index is 528. The lowest BCUT2D eigenvalue weighted by Crippen LogP contribution is -2.30. The third-order valence-corrected chi connectivity index (χ3v) is 4.15. The summed E-state index contributed by atoms with van der Waals surface area (Å²) in [5.74, 6) is 0. The molecule has 0 bridgehead atoms. The molecule has 20 heavy (non-hydrogen) atoms. The molecule has 1 aromatic heterocycles. The van der Waals surface area contributed by atoms with E-state index in [9.17, 15) is 8.78 Å². The number of nitrogens with two attached hydrogens (primary N) is 1. The molecule has 0 saturated carbocycles. The molecule has 2 rings (SSSR count). The van der Waals surface area contributed by atoms with E-state index < -0.39 is 6.43 Å². The van der Waals surface area contributed by atoms with Crippen molar-refractivity contribution in [2.75, 3.05) is 13.6 Å². The standard InChI is InChI=1S/C15H18F2N2S/c1-19(10-13-6-3-7-20-13)14(9-18)11-4-2-5-12(8-11)15(16)17/h2-8,14-15H,9-10,18H2,1H3. The summed E-state index contributed by atoms with van der Waals surface area (Å²) in [4.78, 5) is 3.33. The zero-order valence-electron chi connectivity index (χ0n) is 11.3. The van der Waals surface area contributed by atoms with Crippen molar-refractivity contribution in [1.29, 1.82) is 0 Å². The molecular weight excluding hydrogens is 278 g/mol. The molecule has 0 aliphatic rings. The molecule has 2 nitrogen and oxygen atoms in total. The molecular formula is C15H18F2N2S. The second kappa shape index (κ2) is 6.92. The van der Waals surface area contributed by atoms with Crippen molar-refractivity contribution in [3.05, 3.63) is 57.8 Å². The molecule has 0 amide bonds. The van der Waals surface area contributed by atoms with Gasteiger partial charge in [-0.25, -0.2) is 8.78 Å². The van der Waals surface area contributed by atoms with Gasteiger partial charge in [-0.1, -0.05) is 24.3 Å². The van der Waals surface area contributed by atoms with E-state index in [0.717, 1.165) is 12.1 Å². The fourth-order valence-corrected chi connectivity index (χ4v) is 3.00. The second-order valence-electron chi connectivity index (χ2n) is 4.72. The van der Waals surface area contributed by atoms with Gasteiger partial charge in [0.1, 0.15) is 0 Å². The smallest absolute Gasteiger partial charge is 0.263 e. The number of benzene rings is 1. The Hall–Kier alpha value is -1.30. The lowest BCUT2D eigenvalue weighted by atomic mass is 10.0. The zero-order chi connectivity index (χ0) is 14.5. The molecule has 2 N–H and O–H groups in total. The molecule has 1 atom stereocenters. The quantitative estimate of drug-likeness (QED) is 0.878. The molecule has 2 aromatic rings. The summed E-state index contributed by atoms with van der Waals surface area (Å²) < 4.78 is 25.6. The van der Waals surface area contributed by atoms with Crippen LogP contribution in [0.5, 0.6) is 0 Å². The highest BCUT2D eigenvalue weighted by atomic mass is 32.1. The van der Waals surface area contributed by atoms with Gasteiger partial charge in [0, 0.05) is 29.6 Å². The average molecular weight is 296 g/mol. The predicted octanol–water partition coefficient (Wildman–Crippen LogP) is 3.82. The lowest BCUT2D eigenvalue weighted by Gasteiger charge is -2.27. The van der Waals surface area contributed by atoms with Crippen molar-refractivity contribution >= 4 is 11.3 Å². The summed E-state index contributed by atoms with van der Waals surface area (Å²) >= 11 is 1.68. The molecule has 0 radical (unpaired) electrons. The van der Waals surface area contributed by atoms with Gasteiger partial charge in [0.2, 0.25) is 0 Å². The number of nitrogens with zero attached hydrogens (tertiary/aromatic N) is 1. The van der Waals surface area contributed by atoms with Gasteiger partial charge in [0.15, 0.2) is 0 Å². The van der Waals surface area contributed by atoms with Gasteiger partial charge in [0.05, 0.1) is 0 Å². The summed E-state index contributed by atoms with van der Waals surface area (Å²) in [6, 6.07) is 10.5. The predicted molar refractivity (Wildman–Crippen MR) is 79.0 cm³/mol. The minimum Gasteiger partial charge on any atom is -0.329 e. The van der Waals surface area contributed by atoms with Crippen LogP contribution in [0.2, 0.25) is 0 Å². The van der Waals surface area contributed by atoms with Crippen LogP contribution in [0.1, 0.15) is 28.5 Å². The highest BCUT2D eigenvalue weighted by Crippen LogP contribution is 2.26. The van der Waals surface area contributed by atoms with Crippen LogP contribution in [-0.2, 0) is 6.54 Å². The van der Waals surface area contributed by atoms with Gasteiger partial charge >= 0.3 is 0 Å². The summed E-state index contributed by atoms with van der Waals surface area (Å²) in [7, 11) is 1.96. The molecule has 0 aliphatic carbocycles. The van der Waals surface area contributed by atoms with Crippen molar-refractivity contribution in [3.63, 3.8) is 0 Å². The third kappa shape index (κ3) is 3.62. The topological polar surface area (TPSA) is 29.3 Å². The number of hydrogen-bond donors (Lipinski definition) is 1. The number of hydrogen-bond acceptors (Lipinski definition) is 3. The lowest BCUT2D eigenvalue weighted by molar-refractivity contribution is 0.151. The fraction of sp³-hybridized carbons (Fsp3) is 0.333. The largest absolute Gasteiger partial charge is 0.329 e. The van der Waals surface area contributed by atoms with E-state index >= 15 is 0 Å². The van der Waals surface area contributed by atoms with Crippen LogP contribution in [0, 0.1) is 0 Å². The van der Waals surface area contributed by atoms with Crippen molar-refractivity contribution in [2.24, 2.45) is 5.73 Å². The molecule has 1 aromatic carbocycles. The minimum atomic E-state index is -2.45. The highest BCUT2D eigenvalue weighted by Gasteiger charge is 2.18. The SMILES string of the molecule is CN(Cc1cccs1)C(CN)c1cccc(C(F)F)c1. The van der Waals surface area contributed by atoms with Crippen LogP contribution >= 0.6 is 11.3 Å². The van der Waals surface area contributed by atoms with E-state index in [-0.39, 0.29) is 11.6 Å². The first-order chi connectivity index (χ1) is 9.61. The Balaban J connectivity index is 2.16. The Morgan fingerprint density at radius 3 is 2.55 bits per heavy atom. The maximum Gasteiger partial charge on any atom is 0.263 e. The van der Waals surface area contributed by atoms with Gasteiger partial charge < -0.3 is 5.73 Å². The van der Waals surface area contributed by atoms with Crippen LogP contribution in [0.15, 0.2) is 41.8 Å². The van der Waals surface area contributed by atoms with Crippen molar-refractivity contribution in [3.8, 4) is 0 Å². The molecule has 1 heterocycles. The molecule has 5 heteroatoms. The minimum absolute atomic E-state index is 0.0467. The maximum absolute atomic E-state index is 12.8. The van der Waals surface area contributed by atoms with Crippen LogP contribution in [0.25, 0.3) is 0 Å². The molecule has 0 saturated heterocycles. The molecule has 0 aliphatic heterocycles. The van der Waals surface area contributed by atoms with Crippen LogP contribution in [0.4, 0.5) is 8.78 Å². The van der Waals surface area contributed by atoms with E-state index in [1.54, 1.807) is 23.5 Å². The first kappa shape index (κ1) is 15.1. The number of alkyl halides is 2. The van der Waals surface area contributed by atoms with Crippen molar-refractivity contribution in [2.45, 2.75) is 19.0 Å². The fourth-order valence-electron chi connectivity index (χ4n) is 2.23.